The summed E-state index contributed by atoms with van der Waals surface area (Å²) in [6.07, 6.45) is 2.87. The van der Waals surface area contributed by atoms with Gasteiger partial charge >= 0.3 is 0 Å². The highest BCUT2D eigenvalue weighted by atomic mass is 16.3. The fourth-order valence-electron chi connectivity index (χ4n) is 1.23. The van der Waals surface area contributed by atoms with Gasteiger partial charge in [0.15, 0.2) is 0 Å². The lowest BCUT2D eigenvalue weighted by Crippen LogP contribution is -2.02. The van der Waals surface area contributed by atoms with Crippen LogP contribution < -0.4 is 0 Å². The zero-order valence-corrected chi connectivity index (χ0v) is 6.57. The van der Waals surface area contributed by atoms with Crippen LogP contribution in [-0.2, 0) is 6.54 Å². The van der Waals surface area contributed by atoms with Gasteiger partial charge in [0.05, 0.1) is 18.7 Å². The molecule has 12 heavy (non-hydrogen) atoms. The van der Waals surface area contributed by atoms with Gasteiger partial charge in [0.25, 0.3) is 0 Å². The van der Waals surface area contributed by atoms with E-state index < -0.39 is 0 Å². The van der Waals surface area contributed by atoms with Crippen LogP contribution in [0.5, 0.6) is 0 Å². The molecular weight excluding hydrogens is 152 g/mol. The number of rotatable bonds is 2. The lowest BCUT2D eigenvalue weighted by Gasteiger charge is -1.98. The molecule has 1 aromatic carbocycles. The average Bonchev–Trinajstić information content (AvgIpc) is 2.50. The average molecular weight is 161 g/mol. The van der Waals surface area contributed by atoms with Crippen molar-refractivity contribution < 1.29 is 5.11 Å². The van der Waals surface area contributed by atoms with Gasteiger partial charge in [-0.2, -0.15) is 5.10 Å². The summed E-state index contributed by atoms with van der Waals surface area (Å²) >= 11 is 0. The van der Waals surface area contributed by atoms with Crippen molar-refractivity contribution in [2.75, 3.05) is 6.61 Å². The fraction of sp³-hybridized carbons (Fsp3) is 0.222. The molecule has 1 radical (unpaired) electrons. The molecule has 0 aliphatic carbocycles. The topological polar surface area (TPSA) is 38.0 Å². The van der Waals surface area contributed by atoms with Crippen molar-refractivity contribution in [3.05, 3.63) is 30.5 Å². The highest BCUT2D eigenvalue weighted by molar-refractivity contribution is 5.77. The first-order valence-electron chi connectivity index (χ1n) is 3.86. The molecule has 0 aliphatic heterocycles. The second-order valence-corrected chi connectivity index (χ2v) is 2.58. The Bertz CT molecular complexity index is 381. The number of aliphatic hydroxyl groups excluding tert-OH is 1. The van der Waals surface area contributed by atoms with E-state index in [1.165, 1.54) is 0 Å². The lowest BCUT2D eigenvalue weighted by atomic mass is 10.3. The Morgan fingerprint density at radius 2 is 2.25 bits per heavy atom. The first-order valence-corrected chi connectivity index (χ1v) is 3.86. The molecule has 0 unspecified atom stereocenters. The minimum atomic E-state index is 0.111. The van der Waals surface area contributed by atoms with Crippen molar-refractivity contribution in [1.29, 1.82) is 0 Å². The third kappa shape index (κ3) is 1.08. The number of fused-ring (bicyclic) bond motifs is 1. The standard InChI is InChI=1S/C9H9N2O/c12-6-5-11-9-4-2-1-3-8(9)7-10-11/h1-4,12H,5-6H2. The van der Waals surface area contributed by atoms with E-state index in [1.54, 1.807) is 4.68 Å². The van der Waals surface area contributed by atoms with Crippen molar-refractivity contribution in [3.8, 4) is 0 Å². The highest BCUT2D eigenvalue weighted by Gasteiger charge is 1.99. The van der Waals surface area contributed by atoms with E-state index in [0.29, 0.717) is 6.54 Å². The van der Waals surface area contributed by atoms with E-state index in [1.807, 2.05) is 24.3 Å². The van der Waals surface area contributed by atoms with E-state index in [-0.39, 0.29) is 6.61 Å². The normalized spacial score (nSPS) is 10.8. The summed E-state index contributed by atoms with van der Waals surface area (Å²) in [7, 11) is 0. The zero-order chi connectivity index (χ0) is 8.39. The molecule has 1 heterocycles. The maximum atomic E-state index is 8.72. The molecule has 0 spiro atoms. The van der Waals surface area contributed by atoms with Gasteiger partial charge < -0.3 is 5.11 Å². The zero-order valence-electron chi connectivity index (χ0n) is 6.57. The molecule has 3 nitrogen and oxygen atoms in total. The molecule has 61 valence electrons. The van der Waals surface area contributed by atoms with Crippen LogP contribution in [0.1, 0.15) is 0 Å². The van der Waals surface area contributed by atoms with Crippen molar-refractivity contribution >= 4 is 10.9 Å². The van der Waals surface area contributed by atoms with Gasteiger partial charge in [0, 0.05) is 5.39 Å². The molecular formula is C9H9N2O. The maximum absolute atomic E-state index is 8.72. The van der Waals surface area contributed by atoms with Crippen LogP contribution in [0.3, 0.4) is 0 Å². The van der Waals surface area contributed by atoms with Crippen molar-refractivity contribution in [2.45, 2.75) is 6.54 Å². The second-order valence-electron chi connectivity index (χ2n) is 2.58. The summed E-state index contributed by atoms with van der Waals surface area (Å²) in [5.74, 6) is 0. The molecule has 2 rings (SSSR count). The largest absolute Gasteiger partial charge is 0.394 e. The SMILES string of the molecule is OCCn1n[c]c2ccccc21. The molecule has 0 bridgehead atoms. The Kier molecular flexibility index (Phi) is 1.80. The van der Waals surface area contributed by atoms with Gasteiger partial charge in [0.1, 0.15) is 6.20 Å². The summed E-state index contributed by atoms with van der Waals surface area (Å²) in [6.45, 7) is 0.642. The summed E-state index contributed by atoms with van der Waals surface area (Å²) in [6, 6.07) is 7.82. The molecule has 0 atom stereocenters. The van der Waals surface area contributed by atoms with E-state index in [4.69, 9.17) is 5.11 Å². The Morgan fingerprint density at radius 3 is 3.08 bits per heavy atom. The van der Waals surface area contributed by atoms with Crippen molar-refractivity contribution in [1.82, 2.24) is 9.78 Å². The predicted molar refractivity (Wildman–Crippen MR) is 45.7 cm³/mol. The van der Waals surface area contributed by atoms with Crippen LogP contribution in [0.25, 0.3) is 10.9 Å². The molecule has 0 aliphatic rings. The molecule has 0 fully saturated rings. The first-order chi connectivity index (χ1) is 5.92. The van der Waals surface area contributed by atoms with Gasteiger partial charge in [-0.25, -0.2) is 0 Å². The number of aliphatic hydroxyl groups is 1. The van der Waals surface area contributed by atoms with Crippen molar-refractivity contribution in [3.63, 3.8) is 0 Å². The summed E-state index contributed by atoms with van der Waals surface area (Å²) in [5, 5.41) is 13.7. The number of hydrogen-bond acceptors (Lipinski definition) is 2. The summed E-state index contributed by atoms with van der Waals surface area (Å²) < 4.78 is 1.75. The molecule has 1 N–H and O–H groups in total. The molecule has 3 heteroatoms. The number of para-hydroxylation sites is 1. The highest BCUT2D eigenvalue weighted by Crippen LogP contribution is 2.11. The molecule has 1 aromatic heterocycles. The smallest absolute Gasteiger partial charge is 0.121 e. The third-order valence-electron chi connectivity index (χ3n) is 1.79. The van der Waals surface area contributed by atoms with Gasteiger partial charge in [-0.15, -0.1) is 0 Å². The van der Waals surface area contributed by atoms with E-state index in [9.17, 15) is 0 Å². The van der Waals surface area contributed by atoms with Crippen LogP contribution in [-0.4, -0.2) is 21.5 Å². The van der Waals surface area contributed by atoms with Gasteiger partial charge in [-0.05, 0) is 6.07 Å². The second kappa shape index (κ2) is 2.95. The number of hydrogen-bond donors (Lipinski definition) is 1. The minimum absolute atomic E-state index is 0.111. The van der Waals surface area contributed by atoms with Crippen LogP contribution >= 0.6 is 0 Å². The summed E-state index contributed by atoms with van der Waals surface area (Å²) in [5.41, 5.74) is 1.02. The van der Waals surface area contributed by atoms with Crippen LogP contribution in [0.15, 0.2) is 24.3 Å². The Hall–Kier alpha value is -1.35. The Labute approximate surface area is 70.2 Å². The van der Waals surface area contributed by atoms with E-state index in [0.717, 1.165) is 10.9 Å². The molecule has 0 saturated carbocycles. The Morgan fingerprint density at radius 1 is 1.42 bits per heavy atom. The number of aromatic nitrogens is 2. The van der Waals surface area contributed by atoms with Gasteiger partial charge in [0.2, 0.25) is 0 Å². The quantitative estimate of drug-likeness (QED) is 0.708. The predicted octanol–water partition coefficient (Wildman–Crippen LogP) is 0.829. The molecule has 0 amide bonds. The van der Waals surface area contributed by atoms with Crippen LogP contribution in [0, 0.1) is 6.20 Å². The van der Waals surface area contributed by atoms with Gasteiger partial charge in [-0.1, -0.05) is 18.2 Å². The monoisotopic (exact) mass is 161 g/mol. The van der Waals surface area contributed by atoms with Crippen LogP contribution in [0.2, 0.25) is 0 Å². The third-order valence-corrected chi connectivity index (χ3v) is 1.79. The number of nitrogens with zero attached hydrogens (tertiary/aromatic N) is 2. The Balaban J connectivity index is 2.55. The molecule has 2 aromatic rings. The van der Waals surface area contributed by atoms with Crippen LogP contribution in [0.4, 0.5) is 0 Å². The first kappa shape index (κ1) is 7.31. The molecule has 0 saturated heterocycles. The summed E-state index contributed by atoms with van der Waals surface area (Å²) in [4.78, 5) is 0. The van der Waals surface area contributed by atoms with Crippen molar-refractivity contribution in [2.24, 2.45) is 0 Å². The van der Waals surface area contributed by atoms with Gasteiger partial charge in [-0.3, -0.25) is 4.68 Å². The fourth-order valence-corrected chi connectivity index (χ4v) is 1.23. The van der Waals surface area contributed by atoms with E-state index in [2.05, 4.69) is 11.3 Å². The number of benzene rings is 1. The van der Waals surface area contributed by atoms with E-state index >= 15 is 0 Å². The lowest BCUT2D eigenvalue weighted by molar-refractivity contribution is 0.271. The maximum Gasteiger partial charge on any atom is 0.121 e. The minimum Gasteiger partial charge on any atom is -0.394 e.